The van der Waals surface area contributed by atoms with Crippen molar-refractivity contribution in [2.45, 2.75) is 26.9 Å². The van der Waals surface area contributed by atoms with E-state index < -0.39 is 0 Å². The lowest BCUT2D eigenvalue weighted by Crippen LogP contribution is -2.38. The van der Waals surface area contributed by atoms with E-state index in [9.17, 15) is 0 Å². The van der Waals surface area contributed by atoms with Gasteiger partial charge in [0, 0.05) is 30.1 Å². The molecule has 0 saturated heterocycles. The van der Waals surface area contributed by atoms with E-state index in [0.29, 0.717) is 13.1 Å². The van der Waals surface area contributed by atoms with Gasteiger partial charge in [-0.3, -0.25) is 0 Å². The molecule has 0 fully saturated rings. The minimum Gasteiger partial charge on any atom is -0.459 e. The first kappa shape index (κ1) is 16.5. The molecule has 0 unspecified atom stereocenters. The first-order chi connectivity index (χ1) is 11.7. The summed E-state index contributed by atoms with van der Waals surface area (Å²) in [5.74, 6) is 1.78. The predicted molar refractivity (Wildman–Crippen MR) is 99.3 cm³/mol. The predicted octanol–water partition coefficient (Wildman–Crippen LogP) is 3.80. The number of aromatic nitrogens is 1. The molecule has 0 bridgehead atoms. The molecule has 1 N–H and O–H groups in total. The van der Waals surface area contributed by atoms with E-state index >= 15 is 0 Å². The fourth-order valence-electron chi connectivity index (χ4n) is 2.51. The smallest absolute Gasteiger partial charge is 0.194 e. The number of hydrogen-bond donors (Lipinski definition) is 1. The monoisotopic (exact) mass is 342 g/mol. The summed E-state index contributed by atoms with van der Waals surface area (Å²) in [6.45, 7) is 6.20. The molecule has 3 aromatic rings. The maximum absolute atomic E-state index is 5.90. The molecule has 5 nitrogen and oxygen atoms in total. The normalized spacial score (nSPS) is 11.9. The van der Waals surface area contributed by atoms with Gasteiger partial charge in [0.1, 0.15) is 16.4 Å². The van der Waals surface area contributed by atoms with Crippen LogP contribution in [0.3, 0.4) is 0 Å². The maximum Gasteiger partial charge on any atom is 0.194 e. The van der Waals surface area contributed by atoms with Gasteiger partial charge in [-0.15, -0.1) is 11.3 Å². The van der Waals surface area contributed by atoms with Crippen LogP contribution >= 0.6 is 11.3 Å². The molecule has 0 aliphatic carbocycles. The minimum atomic E-state index is 0.589. The lowest BCUT2D eigenvalue weighted by molar-refractivity contribution is 0.412. The Balaban J connectivity index is 1.72. The van der Waals surface area contributed by atoms with Crippen molar-refractivity contribution in [3.05, 3.63) is 52.2 Å². The van der Waals surface area contributed by atoms with E-state index in [0.717, 1.165) is 34.2 Å². The van der Waals surface area contributed by atoms with E-state index in [4.69, 9.17) is 4.42 Å². The van der Waals surface area contributed by atoms with Gasteiger partial charge < -0.3 is 14.6 Å². The van der Waals surface area contributed by atoms with Gasteiger partial charge in [-0.1, -0.05) is 18.2 Å². The number of nitrogens with zero attached hydrogens (tertiary/aromatic N) is 3. The van der Waals surface area contributed by atoms with Crippen LogP contribution in [-0.4, -0.2) is 29.4 Å². The number of guanidine groups is 1. The van der Waals surface area contributed by atoms with Gasteiger partial charge in [0.15, 0.2) is 5.96 Å². The first-order valence-corrected chi connectivity index (χ1v) is 8.85. The first-order valence-electron chi connectivity index (χ1n) is 8.04. The zero-order chi connectivity index (χ0) is 16.9. The summed E-state index contributed by atoms with van der Waals surface area (Å²) in [7, 11) is 2.02. The molecule has 126 valence electrons. The molecular weight excluding hydrogens is 320 g/mol. The lowest BCUT2D eigenvalue weighted by atomic mass is 10.2. The van der Waals surface area contributed by atoms with Crippen LogP contribution in [-0.2, 0) is 13.1 Å². The Morgan fingerprint density at radius 1 is 1.38 bits per heavy atom. The van der Waals surface area contributed by atoms with Crippen LogP contribution in [0.5, 0.6) is 0 Å². The van der Waals surface area contributed by atoms with Gasteiger partial charge in [-0.2, -0.15) is 0 Å². The molecule has 0 saturated carbocycles. The maximum atomic E-state index is 5.90. The van der Waals surface area contributed by atoms with Gasteiger partial charge in [0.25, 0.3) is 0 Å². The molecule has 0 amide bonds. The second kappa shape index (κ2) is 7.49. The van der Waals surface area contributed by atoms with Crippen LogP contribution in [0.4, 0.5) is 0 Å². The number of aryl methyl sites for hydroxylation is 1. The highest BCUT2D eigenvalue weighted by molar-refractivity contribution is 7.11. The summed E-state index contributed by atoms with van der Waals surface area (Å²) >= 11 is 1.68. The topological polar surface area (TPSA) is 53.7 Å². The molecule has 2 aromatic heterocycles. The van der Waals surface area contributed by atoms with Crippen LogP contribution in [0.25, 0.3) is 11.0 Å². The molecular formula is C18H22N4OS. The minimum absolute atomic E-state index is 0.589. The fourth-order valence-corrected chi connectivity index (χ4v) is 3.22. The standard InChI is InChI=1S/C18H22N4OS/c1-4-19-18(21-11-17-20-10-13(2)24-17)22(3)12-15-9-14-7-5-6-8-16(14)23-15/h5-10H,4,11-12H2,1-3H3,(H,19,21). The molecule has 0 aliphatic rings. The third-order valence-corrected chi connectivity index (χ3v) is 4.50. The average Bonchev–Trinajstić information content (AvgIpc) is 3.16. The summed E-state index contributed by atoms with van der Waals surface area (Å²) in [4.78, 5) is 12.3. The highest BCUT2D eigenvalue weighted by Crippen LogP contribution is 2.20. The van der Waals surface area contributed by atoms with Crippen molar-refractivity contribution in [3.8, 4) is 0 Å². The molecule has 24 heavy (non-hydrogen) atoms. The third-order valence-electron chi connectivity index (χ3n) is 3.60. The molecule has 0 spiro atoms. The number of nitrogens with one attached hydrogen (secondary N) is 1. The van der Waals surface area contributed by atoms with Crippen molar-refractivity contribution in [1.29, 1.82) is 0 Å². The quantitative estimate of drug-likeness (QED) is 0.566. The number of hydrogen-bond acceptors (Lipinski definition) is 4. The highest BCUT2D eigenvalue weighted by Gasteiger charge is 2.10. The number of benzene rings is 1. The lowest BCUT2D eigenvalue weighted by Gasteiger charge is -2.20. The van der Waals surface area contributed by atoms with Crippen LogP contribution in [0.15, 0.2) is 45.9 Å². The number of aliphatic imine (C=N–C) groups is 1. The second-order valence-corrected chi connectivity index (χ2v) is 6.96. The van der Waals surface area contributed by atoms with E-state index in [1.807, 2.05) is 31.4 Å². The Kier molecular flexibility index (Phi) is 5.15. The Morgan fingerprint density at radius 2 is 2.21 bits per heavy atom. The van der Waals surface area contributed by atoms with E-state index in [1.165, 1.54) is 4.88 Å². The Bertz CT molecular complexity index is 803. The summed E-state index contributed by atoms with van der Waals surface area (Å²) in [5, 5.41) is 5.48. The Labute approximate surface area is 146 Å². The second-order valence-electron chi connectivity index (χ2n) is 5.64. The molecule has 6 heteroatoms. The Morgan fingerprint density at radius 3 is 2.92 bits per heavy atom. The van der Waals surface area contributed by atoms with Crippen molar-refractivity contribution < 1.29 is 4.42 Å². The molecule has 3 rings (SSSR count). The van der Waals surface area contributed by atoms with Crippen molar-refractivity contribution in [2.75, 3.05) is 13.6 Å². The van der Waals surface area contributed by atoms with Crippen LogP contribution < -0.4 is 5.32 Å². The summed E-state index contributed by atoms with van der Waals surface area (Å²) < 4.78 is 5.90. The van der Waals surface area contributed by atoms with Crippen LogP contribution in [0.2, 0.25) is 0 Å². The largest absolute Gasteiger partial charge is 0.459 e. The van der Waals surface area contributed by atoms with Gasteiger partial charge in [0.2, 0.25) is 0 Å². The third kappa shape index (κ3) is 3.94. The van der Waals surface area contributed by atoms with Crippen LogP contribution in [0.1, 0.15) is 22.6 Å². The van der Waals surface area contributed by atoms with Gasteiger partial charge in [-0.25, -0.2) is 9.98 Å². The van der Waals surface area contributed by atoms with Gasteiger partial charge in [-0.05, 0) is 26.0 Å². The molecule has 2 heterocycles. The van der Waals surface area contributed by atoms with Crippen molar-refractivity contribution in [2.24, 2.45) is 4.99 Å². The van der Waals surface area contributed by atoms with Gasteiger partial charge in [0.05, 0.1) is 13.1 Å². The zero-order valence-corrected chi connectivity index (χ0v) is 15.1. The van der Waals surface area contributed by atoms with Gasteiger partial charge >= 0.3 is 0 Å². The summed E-state index contributed by atoms with van der Waals surface area (Å²) in [5.41, 5.74) is 0.918. The van der Waals surface area contributed by atoms with Crippen molar-refractivity contribution in [3.63, 3.8) is 0 Å². The fraction of sp³-hybridized carbons (Fsp3) is 0.333. The summed E-state index contributed by atoms with van der Waals surface area (Å²) in [6.07, 6.45) is 1.89. The van der Waals surface area contributed by atoms with Crippen molar-refractivity contribution in [1.82, 2.24) is 15.2 Å². The Hall–Kier alpha value is -2.34. The molecule has 0 aliphatic heterocycles. The SMILES string of the molecule is CCNC(=NCc1ncc(C)s1)N(C)Cc1cc2ccccc2o1. The number of para-hydroxylation sites is 1. The van der Waals surface area contributed by atoms with E-state index in [2.05, 4.69) is 46.2 Å². The molecule has 1 aromatic carbocycles. The molecule has 0 radical (unpaired) electrons. The van der Waals surface area contributed by atoms with Crippen LogP contribution in [0, 0.1) is 6.92 Å². The van der Waals surface area contributed by atoms with Crippen molar-refractivity contribution >= 4 is 28.3 Å². The number of thiazole rings is 1. The average molecular weight is 342 g/mol. The number of furan rings is 1. The number of fused-ring (bicyclic) bond motifs is 1. The zero-order valence-electron chi connectivity index (χ0n) is 14.2. The van der Waals surface area contributed by atoms with E-state index in [1.54, 1.807) is 11.3 Å². The summed E-state index contributed by atoms with van der Waals surface area (Å²) in [6, 6.07) is 10.1. The van der Waals surface area contributed by atoms with E-state index in [-0.39, 0.29) is 0 Å². The highest BCUT2D eigenvalue weighted by atomic mass is 32.1. The number of rotatable bonds is 5. The molecule has 0 atom stereocenters.